The quantitative estimate of drug-likeness (QED) is 0.734. The highest BCUT2D eigenvalue weighted by Crippen LogP contribution is 2.42. The normalized spacial score (nSPS) is 31.1. The van der Waals surface area contributed by atoms with E-state index < -0.39 is 9.84 Å². The Hall–Kier alpha value is -0.130. The average molecular weight is 232 g/mol. The second-order valence-corrected chi connectivity index (χ2v) is 7.28. The summed E-state index contributed by atoms with van der Waals surface area (Å²) >= 11 is 0. The number of hydrogen-bond donors (Lipinski definition) is 1. The lowest BCUT2D eigenvalue weighted by atomic mass is 9.93. The van der Waals surface area contributed by atoms with Crippen LogP contribution in [0.5, 0.6) is 0 Å². The van der Waals surface area contributed by atoms with Crippen LogP contribution in [-0.4, -0.2) is 50.0 Å². The van der Waals surface area contributed by atoms with Gasteiger partial charge in [0.2, 0.25) is 0 Å². The van der Waals surface area contributed by atoms with E-state index in [1.807, 2.05) is 0 Å². The van der Waals surface area contributed by atoms with Crippen LogP contribution in [0, 0.1) is 5.92 Å². The van der Waals surface area contributed by atoms with Crippen LogP contribution in [0.3, 0.4) is 0 Å². The monoisotopic (exact) mass is 232 g/mol. The van der Waals surface area contributed by atoms with Crippen LogP contribution in [-0.2, 0) is 9.84 Å². The van der Waals surface area contributed by atoms with Crippen LogP contribution in [0.15, 0.2) is 0 Å². The molecule has 0 spiro atoms. The lowest BCUT2D eigenvalue weighted by Gasteiger charge is -2.43. The van der Waals surface area contributed by atoms with Crippen LogP contribution in [0.2, 0.25) is 0 Å². The Bertz CT molecular complexity index is 323. The van der Waals surface area contributed by atoms with Gasteiger partial charge in [0, 0.05) is 25.2 Å². The van der Waals surface area contributed by atoms with E-state index in [0.29, 0.717) is 37.1 Å². The highest BCUT2D eigenvalue weighted by Gasteiger charge is 2.45. The molecule has 88 valence electrons. The molecule has 0 bridgehead atoms. The van der Waals surface area contributed by atoms with Gasteiger partial charge in [0.1, 0.15) is 0 Å². The standard InChI is InChI=1S/C10H20N2O2S/c1-10(8-11,9-2-3-9)12-4-6-15(13,14)7-5-12/h9H,2-8,11H2,1H3. The zero-order valence-electron chi connectivity index (χ0n) is 9.28. The molecule has 0 aromatic heterocycles. The van der Waals surface area contributed by atoms with Gasteiger partial charge >= 0.3 is 0 Å². The Labute approximate surface area is 91.7 Å². The van der Waals surface area contributed by atoms with E-state index in [2.05, 4.69) is 11.8 Å². The van der Waals surface area contributed by atoms with Gasteiger partial charge in [-0.3, -0.25) is 4.90 Å². The summed E-state index contributed by atoms with van der Waals surface area (Å²) in [5, 5.41) is 0. The van der Waals surface area contributed by atoms with Crippen LogP contribution < -0.4 is 5.73 Å². The minimum Gasteiger partial charge on any atom is -0.329 e. The van der Waals surface area contributed by atoms with Crippen molar-refractivity contribution in [3.63, 3.8) is 0 Å². The molecule has 0 amide bonds. The molecular weight excluding hydrogens is 212 g/mol. The maximum Gasteiger partial charge on any atom is 0.152 e. The summed E-state index contributed by atoms with van der Waals surface area (Å²) < 4.78 is 22.7. The number of nitrogens with zero attached hydrogens (tertiary/aromatic N) is 1. The summed E-state index contributed by atoms with van der Waals surface area (Å²) in [6, 6.07) is 0. The summed E-state index contributed by atoms with van der Waals surface area (Å²) in [5.41, 5.74) is 5.89. The summed E-state index contributed by atoms with van der Waals surface area (Å²) in [4.78, 5) is 2.28. The third kappa shape index (κ3) is 2.19. The Morgan fingerprint density at radius 2 is 1.87 bits per heavy atom. The molecule has 1 saturated heterocycles. The van der Waals surface area contributed by atoms with Gasteiger partial charge < -0.3 is 5.73 Å². The zero-order chi connectivity index (χ0) is 11.1. The summed E-state index contributed by atoms with van der Waals surface area (Å²) in [6.45, 7) is 4.14. The SMILES string of the molecule is CC(CN)(C1CC1)N1CCS(=O)(=O)CC1. The Morgan fingerprint density at radius 1 is 1.33 bits per heavy atom. The summed E-state index contributed by atoms with van der Waals surface area (Å²) in [6.07, 6.45) is 2.49. The fraction of sp³-hybridized carbons (Fsp3) is 1.00. The van der Waals surface area contributed by atoms with Crippen molar-refractivity contribution in [3.8, 4) is 0 Å². The molecule has 2 N–H and O–H groups in total. The van der Waals surface area contributed by atoms with E-state index in [0.717, 1.165) is 0 Å². The van der Waals surface area contributed by atoms with Crippen LogP contribution in [0.25, 0.3) is 0 Å². The summed E-state index contributed by atoms with van der Waals surface area (Å²) in [5.74, 6) is 1.29. The third-order valence-electron chi connectivity index (χ3n) is 3.94. The molecule has 2 aliphatic rings. The molecule has 2 fully saturated rings. The van der Waals surface area contributed by atoms with Crippen molar-refractivity contribution in [2.45, 2.75) is 25.3 Å². The molecule has 0 aromatic rings. The predicted molar refractivity (Wildman–Crippen MR) is 60.4 cm³/mol. The van der Waals surface area contributed by atoms with Gasteiger partial charge in [0.15, 0.2) is 9.84 Å². The second-order valence-electron chi connectivity index (χ2n) is 4.97. The Kier molecular flexibility index (Phi) is 2.81. The van der Waals surface area contributed by atoms with Crippen molar-refractivity contribution >= 4 is 9.84 Å². The first-order chi connectivity index (χ1) is 6.98. The van der Waals surface area contributed by atoms with Crippen LogP contribution in [0.4, 0.5) is 0 Å². The lowest BCUT2D eigenvalue weighted by molar-refractivity contribution is 0.0993. The van der Waals surface area contributed by atoms with Crippen molar-refractivity contribution in [2.75, 3.05) is 31.1 Å². The molecule has 1 saturated carbocycles. The summed E-state index contributed by atoms with van der Waals surface area (Å²) in [7, 11) is -2.77. The first-order valence-corrected chi connectivity index (χ1v) is 7.46. The smallest absolute Gasteiger partial charge is 0.152 e. The molecule has 5 heteroatoms. The van der Waals surface area contributed by atoms with E-state index in [1.165, 1.54) is 12.8 Å². The van der Waals surface area contributed by atoms with Crippen molar-refractivity contribution in [1.29, 1.82) is 0 Å². The molecule has 1 atom stereocenters. The first kappa shape index (κ1) is 11.4. The maximum absolute atomic E-state index is 11.3. The van der Waals surface area contributed by atoms with Gasteiger partial charge in [-0.1, -0.05) is 0 Å². The highest BCUT2D eigenvalue weighted by atomic mass is 32.2. The Balaban J connectivity index is 2.05. The lowest BCUT2D eigenvalue weighted by Crippen LogP contribution is -2.58. The van der Waals surface area contributed by atoms with Gasteiger partial charge in [0.05, 0.1) is 11.5 Å². The second kappa shape index (κ2) is 3.71. The minimum absolute atomic E-state index is 0.0376. The number of hydrogen-bond acceptors (Lipinski definition) is 4. The van der Waals surface area contributed by atoms with E-state index in [4.69, 9.17) is 5.73 Å². The average Bonchev–Trinajstić information content (AvgIpc) is 3.00. The van der Waals surface area contributed by atoms with Crippen molar-refractivity contribution < 1.29 is 8.42 Å². The Morgan fingerprint density at radius 3 is 2.27 bits per heavy atom. The van der Waals surface area contributed by atoms with Gasteiger partial charge in [-0.15, -0.1) is 0 Å². The molecule has 15 heavy (non-hydrogen) atoms. The van der Waals surface area contributed by atoms with E-state index >= 15 is 0 Å². The highest BCUT2D eigenvalue weighted by molar-refractivity contribution is 7.91. The minimum atomic E-state index is -2.77. The molecule has 4 nitrogen and oxygen atoms in total. The fourth-order valence-electron chi connectivity index (χ4n) is 2.48. The zero-order valence-corrected chi connectivity index (χ0v) is 10.1. The van der Waals surface area contributed by atoms with Gasteiger partial charge in [-0.25, -0.2) is 8.42 Å². The van der Waals surface area contributed by atoms with Crippen molar-refractivity contribution in [3.05, 3.63) is 0 Å². The van der Waals surface area contributed by atoms with Crippen LogP contribution in [0.1, 0.15) is 19.8 Å². The maximum atomic E-state index is 11.3. The molecule has 2 rings (SSSR count). The van der Waals surface area contributed by atoms with Gasteiger partial charge in [0.25, 0.3) is 0 Å². The van der Waals surface area contributed by atoms with Gasteiger partial charge in [-0.05, 0) is 25.7 Å². The van der Waals surface area contributed by atoms with Gasteiger partial charge in [-0.2, -0.15) is 0 Å². The van der Waals surface area contributed by atoms with Crippen molar-refractivity contribution in [1.82, 2.24) is 4.90 Å². The van der Waals surface area contributed by atoms with E-state index in [9.17, 15) is 8.42 Å². The number of sulfone groups is 1. The molecule has 1 heterocycles. The molecule has 0 radical (unpaired) electrons. The molecular formula is C10H20N2O2S. The van der Waals surface area contributed by atoms with E-state index in [-0.39, 0.29) is 5.54 Å². The number of rotatable bonds is 3. The predicted octanol–water partition coefficient (Wildman–Crippen LogP) is -0.156. The molecule has 1 aliphatic heterocycles. The third-order valence-corrected chi connectivity index (χ3v) is 5.55. The van der Waals surface area contributed by atoms with Crippen LogP contribution >= 0.6 is 0 Å². The number of nitrogens with two attached hydrogens (primary N) is 1. The van der Waals surface area contributed by atoms with E-state index in [1.54, 1.807) is 0 Å². The molecule has 1 unspecified atom stereocenters. The molecule has 0 aromatic carbocycles. The fourth-order valence-corrected chi connectivity index (χ4v) is 3.68. The first-order valence-electron chi connectivity index (χ1n) is 5.63. The van der Waals surface area contributed by atoms with Crippen molar-refractivity contribution in [2.24, 2.45) is 11.7 Å². The largest absolute Gasteiger partial charge is 0.329 e. The topological polar surface area (TPSA) is 63.4 Å². The molecule has 1 aliphatic carbocycles.